The fourth-order valence-corrected chi connectivity index (χ4v) is 0.767. The Morgan fingerprint density at radius 2 is 2.43 bits per heavy atom. The predicted molar refractivity (Wildman–Crippen MR) is 29.3 cm³/mol. The predicted octanol–water partition coefficient (Wildman–Crippen LogP) is 0.940. The first-order valence-corrected chi connectivity index (χ1v) is 5.03. The van der Waals surface area contributed by atoms with E-state index in [1.807, 2.05) is 22.6 Å². The number of rotatable bonds is 1. The first kappa shape index (κ1) is 7.88. The molecule has 2 nitrogen and oxygen atoms in total. The molecule has 0 aliphatic heterocycles. The van der Waals surface area contributed by atoms with Gasteiger partial charge in [0, 0.05) is 0 Å². The molecule has 0 aromatic heterocycles. The van der Waals surface area contributed by atoms with Crippen LogP contribution < -0.4 is 0 Å². The summed E-state index contributed by atoms with van der Waals surface area (Å²) in [6.07, 6.45) is 1.40. The molecule has 0 N–H and O–H groups in total. The van der Waals surface area contributed by atoms with E-state index in [9.17, 15) is 4.79 Å². The van der Waals surface area contributed by atoms with Gasteiger partial charge in [-0.15, -0.1) is 0 Å². The van der Waals surface area contributed by atoms with E-state index in [1.165, 1.54) is 6.08 Å². The van der Waals surface area contributed by atoms with Gasteiger partial charge in [-0.3, -0.25) is 0 Å². The monoisotopic (exact) mass is 399 g/mol. The van der Waals surface area contributed by atoms with Gasteiger partial charge < -0.3 is 0 Å². The Morgan fingerprint density at radius 1 is 1.86 bits per heavy atom. The van der Waals surface area contributed by atoms with Crippen LogP contribution in [0.15, 0.2) is 10.2 Å². The Morgan fingerprint density at radius 3 is 2.57 bits per heavy atom. The molecule has 0 amide bonds. The zero-order chi connectivity index (χ0) is 5.70. The standard InChI is InChI=1S/C3H3IO2.Hg/c4-2-1-3(5)6;/h1-2H,(H,5,6);/q;+1/p-1. The number of carbonyl (C=O) groups is 1. The molecule has 0 rings (SSSR count). The molecule has 0 bridgehead atoms. The Balaban J connectivity index is 3.37. The number of halogens is 1. The van der Waals surface area contributed by atoms with E-state index >= 15 is 0 Å². The Kier molecular flexibility index (Phi) is 5.65. The van der Waals surface area contributed by atoms with Gasteiger partial charge in [-0.2, -0.15) is 0 Å². The van der Waals surface area contributed by atoms with E-state index in [0.717, 1.165) is 0 Å². The van der Waals surface area contributed by atoms with Crippen LogP contribution in [0, 0.1) is 0 Å². The molecule has 0 saturated heterocycles. The fraction of sp³-hybridized carbons (Fsp3) is 0. The van der Waals surface area contributed by atoms with Crippen LogP contribution in [0.5, 0.6) is 0 Å². The molecule has 0 saturated carbocycles. The molecule has 0 spiro atoms. The Labute approximate surface area is 72.1 Å². The molecule has 0 aromatic rings. The molecule has 7 heavy (non-hydrogen) atoms. The number of hydrogen-bond donors (Lipinski definition) is 0. The summed E-state index contributed by atoms with van der Waals surface area (Å²) in [5.41, 5.74) is 0. The second-order valence-corrected chi connectivity index (χ2v) is 2.60. The molecular weight excluding hydrogens is 396 g/mol. The molecular formula is C3H2HgIO2. The van der Waals surface area contributed by atoms with E-state index in [-0.39, 0.29) is 32.5 Å². The van der Waals surface area contributed by atoms with Crippen molar-refractivity contribution >= 4 is 28.6 Å². The van der Waals surface area contributed by atoms with E-state index in [0.29, 0.717) is 0 Å². The van der Waals surface area contributed by atoms with Crippen LogP contribution in [-0.2, 0) is 34.0 Å². The molecule has 35 valence electrons. The molecule has 0 radical (unpaired) electrons. The fourth-order valence-electron chi connectivity index (χ4n) is 0.0995. The van der Waals surface area contributed by atoms with Crippen LogP contribution in [0.4, 0.5) is 0 Å². The van der Waals surface area contributed by atoms with Crippen molar-refractivity contribution in [3.8, 4) is 0 Å². The summed E-state index contributed by atoms with van der Waals surface area (Å²) >= 11 is 2.10. The van der Waals surface area contributed by atoms with Crippen molar-refractivity contribution < 1.29 is 34.0 Å². The van der Waals surface area contributed by atoms with Crippen molar-refractivity contribution in [3.05, 3.63) is 10.2 Å². The van der Waals surface area contributed by atoms with Gasteiger partial charge >= 0.3 is 72.7 Å². The maximum atomic E-state index is 10.1. The summed E-state index contributed by atoms with van der Waals surface area (Å²) in [6, 6.07) is 0. The van der Waals surface area contributed by atoms with Gasteiger partial charge in [-0.25, -0.2) is 0 Å². The molecule has 0 heterocycles. The average molecular weight is 398 g/mol. The molecule has 4 heteroatoms. The molecule has 0 aromatic carbocycles. The SMILES string of the molecule is O=C(C=CI)[O][Hg]. The van der Waals surface area contributed by atoms with Crippen LogP contribution in [0.1, 0.15) is 0 Å². The normalized spacial score (nSPS) is 9.57. The molecule has 0 aliphatic carbocycles. The summed E-state index contributed by atoms with van der Waals surface area (Å²) in [4.78, 5) is 10.1. The van der Waals surface area contributed by atoms with Crippen LogP contribution in [0.2, 0.25) is 0 Å². The third-order valence-electron chi connectivity index (χ3n) is 0.341. The van der Waals surface area contributed by atoms with Crippen LogP contribution in [0.3, 0.4) is 0 Å². The topological polar surface area (TPSA) is 26.3 Å². The second-order valence-electron chi connectivity index (χ2n) is 0.756. The first-order valence-electron chi connectivity index (χ1n) is 1.54. The summed E-state index contributed by atoms with van der Waals surface area (Å²) in [6.45, 7) is 0. The third-order valence-corrected chi connectivity index (χ3v) is 1.81. The van der Waals surface area contributed by atoms with Gasteiger partial charge in [0.15, 0.2) is 0 Å². The number of carbonyl (C=O) groups excluding carboxylic acids is 1. The molecule has 0 fully saturated rings. The van der Waals surface area contributed by atoms with Gasteiger partial charge in [0.2, 0.25) is 0 Å². The van der Waals surface area contributed by atoms with Gasteiger partial charge in [0.1, 0.15) is 0 Å². The minimum atomic E-state index is -0.224. The van der Waals surface area contributed by atoms with E-state index in [4.69, 9.17) is 0 Å². The molecule has 0 aliphatic rings. The van der Waals surface area contributed by atoms with Crippen LogP contribution in [-0.4, -0.2) is 5.97 Å². The Hall–Kier alpha value is 0.875. The second kappa shape index (κ2) is 5.02. The first-order chi connectivity index (χ1) is 3.31. The van der Waals surface area contributed by atoms with Gasteiger partial charge in [-0.05, 0) is 0 Å². The van der Waals surface area contributed by atoms with Crippen molar-refractivity contribution in [1.29, 1.82) is 0 Å². The van der Waals surface area contributed by atoms with E-state index in [1.54, 1.807) is 4.08 Å². The zero-order valence-electron chi connectivity index (χ0n) is 3.56. The maximum absolute atomic E-state index is 10.1. The van der Waals surface area contributed by atoms with Crippen LogP contribution >= 0.6 is 22.6 Å². The van der Waals surface area contributed by atoms with Crippen molar-refractivity contribution in [3.63, 3.8) is 0 Å². The third kappa shape index (κ3) is 4.73. The quantitative estimate of drug-likeness (QED) is 0.374. The molecule has 0 unspecified atom stereocenters. The molecule has 0 atom stereocenters. The van der Waals surface area contributed by atoms with Gasteiger partial charge in [-0.1, -0.05) is 0 Å². The van der Waals surface area contributed by atoms with Crippen molar-refractivity contribution in [2.45, 2.75) is 0 Å². The van der Waals surface area contributed by atoms with Gasteiger partial charge in [0.25, 0.3) is 0 Å². The van der Waals surface area contributed by atoms with E-state index < -0.39 is 0 Å². The summed E-state index contributed by atoms with van der Waals surface area (Å²) in [7, 11) is 0. The Bertz CT molecular complexity index is 90.9. The van der Waals surface area contributed by atoms with Crippen molar-refractivity contribution in [1.82, 2.24) is 0 Å². The average Bonchev–Trinajstić information content (AvgIpc) is 1.68. The number of hydrogen-bond acceptors (Lipinski definition) is 2. The van der Waals surface area contributed by atoms with Crippen LogP contribution in [0.25, 0.3) is 0 Å². The summed E-state index contributed by atoms with van der Waals surface area (Å²) < 4.78 is 6.09. The zero-order valence-corrected chi connectivity index (χ0v) is 11.2. The summed E-state index contributed by atoms with van der Waals surface area (Å²) in [5, 5.41) is 0. The minimum absolute atomic E-state index is 0.138. The van der Waals surface area contributed by atoms with E-state index in [2.05, 4.69) is 2.64 Å². The summed E-state index contributed by atoms with van der Waals surface area (Å²) in [5.74, 6) is -0.224. The van der Waals surface area contributed by atoms with Gasteiger partial charge in [0.05, 0.1) is 0 Å². The van der Waals surface area contributed by atoms with Crippen molar-refractivity contribution in [2.75, 3.05) is 0 Å². The van der Waals surface area contributed by atoms with Crippen molar-refractivity contribution in [2.24, 2.45) is 0 Å².